The zero-order valence-electron chi connectivity index (χ0n) is 19.4. The highest BCUT2D eigenvalue weighted by Crippen LogP contribution is 2.25. The number of hydrogen-bond donors (Lipinski definition) is 1. The number of carbonyl (C=O) groups excluding carboxylic acids is 1. The number of anilines is 2. The minimum atomic E-state index is -3.51. The summed E-state index contributed by atoms with van der Waals surface area (Å²) in [4.78, 5) is 17.4. The van der Waals surface area contributed by atoms with Crippen LogP contribution in [0.3, 0.4) is 0 Å². The summed E-state index contributed by atoms with van der Waals surface area (Å²) in [6.45, 7) is 4.17. The first-order valence-electron chi connectivity index (χ1n) is 11.8. The van der Waals surface area contributed by atoms with E-state index in [1.54, 1.807) is 24.3 Å². The van der Waals surface area contributed by atoms with Gasteiger partial charge in [-0.2, -0.15) is 4.31 Å². The summed E-state index contributed by atoms with van der Waals surface area (Å²) in [6, 6.07) is 15.0. The Morgan fingerprint density at radius 2 is 1.64 bits per heavy atom. The molecule has 2 aromatic rings. The lowest BCUT2D eigenvalue weighted by Gasteiger charge is -2.31. The number of nitrogens with one attached hydrogen (secondary N) is 1. The average molecular weight is 471 g/mol. The molecule has 4 rings (SSSR count). The van der Waals surface area contributed by atoms with E-state index < -0.39 is 10.0 Å². The van der Waals surface area contributed by atoms with Crippen molar-refractivity contribution in [2.75, 3.05) is 50.0 Å². The summed E-state index contributed by atoms with van der Waals surface area (Å²) in [5.41, 5.74) is 2.97. The quantitative estimate of drug-likeness (QED) is 0.639. The third kappa shape index (κ3) is 5.93. The predicted octanol–water partition coefficient (Wildman–Crippen LogP) is 3.53. The van der Waals surface area contributed by atoms with Crippen LogP contribution in [-0.2, 0) is 21.4 Å². The molecule has 0 bridgehead atoms. The standard InChI is InChI=1S/C25H34N4O3S/c1-27(19-21-10-3-4-13-24(21)28-14-5-2-6-15-28)20-25(30)26-22-11-9-12-23(18-22)33(31,32)29-16-7-8-17-29/h3-4,9-13,18H,2,5-8,14-17,19-20H2,1H3,(H,26,30). The second kappa shape index (κ2) is 10.7. The number of sulfonamides is 1. The molecule has 7 nitrogen and oxygen atoms in total. The van der Waals surface area contributed by atoms with E-state index in [0.717, 1.165) is 25.9 Å². The number of amides is 1. The molecule has 1 amide bonds. The first kappa shape index (κ1) is 23.7. The van der Waals surface area contributed by atoms with Crippen LogP contribution >= 0.6 is 0 Å². The Morgan fingerprint density at radius 3 is 2.39 bits per heavy atom. The van der Waals surface area contributed by atoms with Crippen molar-refractivity contribution in [2.45, 2.75) is 43.5 Å². The Labute approximate surface area is 197 Å². The lowest BCUT2D eigenvalue weighted by Crippen LogP contribution is -2.33. The van der Waals surface area contributed by atoms with Gasteiger partial charge in [0.15, 0.2) is 0 Å². The van der Waals surface area contributed by atoms with Crippen LogP contribution in [0.25, 0.3) is 0 Å². The molecule has 0 saturated carbocycles. The van der Waals surface area contributed by atoms with Gasteiger partial charge >= 0.3 is 0 Å². The van der Waals surface area contributed by atoms with Crippen molar-refractivity contribution in [3.05, 3.63) is 54.1 Å². The number of benzene rings is 2. The second-order valence-electron chi connectivity index (χ2n) is 9.04. The van der Waals surface area contributed by atoms with Crippen LogP contribution in [0.4, 0.5) is 11.4 Å². The van der Waals surface area contributed by atoms with E-state index in [-0.39, 0.29) is 17.3 Å². The number of likely N-dealkylation sites (N-methyl/N-ethyl adjacent to an activating group) is 1. The van der Waals surface area contributed by atoms with Gasteiger partial charge in [-0.3, -0.25) is 9.69 Å². The van der Waals surface area contributed by atoms with E-state index in [9.17, 15) is 13.2 Å². The van der Waals surface area contributed by atoms with E-state index in [0.29, 0.717) is 25.3 Å². The van der Waals surface area contributed by atoms with Crippen LogP contribution in [0.2, 0.25) is 0 Å². The molecule has 2 saturated heterocycles. The Morgan fingerprint density at radius 1 is 0.939 bits per heavy atom. The number of rotatable bonds is 8. The maximum Gasteiger partial charge on any atom is 0.243 e. The highest BCUT2D eigenvalue weighted by molar-refractivity contribution is 7.89. The highest BCUT2D eigenvalue weighted by atomic mass is 32.2. The molecule has 2 aromatic carbocycles. The van der Waals surface area contributed by atoms with Crippen molar-refractivity contribution < 1.29 is 13.2 Å². The first-order valence-corrected chi connectivity index (χ1v) is 13.3. The van der Waals surface area contributed by atoms with Gasteiger partial charge in [0.05, 0.1) is 11.4 Å². The fourth-order valence-electron chi connectivity index (χ4n) is 4.69. The molecule has 2 fully saturated rings. The van der Waals surface area contributed by atoms with Crippen molar-refractivity contribution in [3.8, 4) is 0 Å². The third-order valence-corrected chi connectivity index (χ3v) is 8.26. The molecule has 2 heterocycles. The molecule has 0 atom stereocenters. The maximum atomic E-state index is 12.8. The highest BCUT2D eigenvalue weighted by Gasteiger charge is 2.27. The molecule has 0 unspecified atom stereocenters. The Bertz CT molecular complexity index is 1060. The maximum absolute atomic E-state index is 12.8. The van der Waals surface area contributed by atoms with Crippen molar-refractivity contribution >= 4 is 27.3 Å². The molecule has 0 aromatic heterocycles. The van der Waals surface area contributed by atoms with Gasteiger partial charge in [0.2, 0.25) is 15.9 Å². The molecule has 0 aliphatic carbocycles. The van der Waals surface area contributed by atoms with E-state index in [1.165, 1.54) is 34.8 Å². The van der Waals surface area contributed by atoms with Gasteiger partial charge in [-0.25, -0.2) is 8.42 Å². The lowest BCUT2D eigenvalue weighted by molar-refractivity contribution is -0.117. The fraction of sp³-hybridized carbons (Fsp3) is 0.480. The van der Waals surface area contributed by atoms with Crippen LogP contribution in [0.5, 0.6) is 0 Å². The summed E-state index contributed by atoms with van der Waals surface area (Å²) in [5.74, 6) is -0.163. The summed E-state index contributed by atoms with van der Waals surface area (Å²) >= 11 is 0. The van der Waals surface area contributed by atoms with Crippen molar-refractivity contribution in [1.29, 1.82) is 0 Å². The van der Waals surface area contributed by atoms with Crippen molar-refractivity contribution in [2.24, 2.45) is 0 Å². The average Bonchev–Trinajstić information content (AvgIpc) is 3.36. The Hall–Kier alpha value is -2.42. The number of piperidine rings is 1. The molecule has 8 heteroatoms. The molecular weight excluding hydrogens is 436 g/mol. The SMILES string of the molecule is CN(CC(=O)Nc1cccc(S(=O)(=O)N2CCCC2)c1)Cc1ccccc1N1CCCCC1. The molecule has 0 spiro atoms. The number of para-hydroxylation sites is 1. The minimum absolute atomic E-state index is 0.163. The summed E-state index contributed by atoms with van der Waals surface area (Å²) in [6.07, 6.45) is 5.52. The van der Waals surface area contributed by atoms with E-state index >= 15 is 0 Å². The van der Waals surface area contributed by atoms with Crippen LogP contribution in [-0.4, -0.2) is 63.3 Å². The largest absolute Gasteiger partial charge is 0.371 e. The van der Waals surface area contributed by atoms with Crippen molar-refractivity contribution in [1.82, 2.24) is 9.21 Å². The topological polar surface area (TPSA) is 73.0 Å². The Kier molecular flexibility index (Phi) is 7.67. The van der Waals surface area contributed by atoms with E-state index in [1.807, 2.05) is 18.0 Å². The predicted molar refractivity (Wildman–Crippen MR) is 132 cm³/mol. The van der Waals surface area contributed by atoms with Gasteiger partial charge in [-0.05, 0) is 69.0 Å². The normalized spacial score (nSPS) is 17.5. The smallest absolute Gasteiger partial charge is 0.243 e. The minimum Gasteiger partial charge on any atom is -0.371 e. The second-order valence-corrected chi connectivity index (χ2v) is 11.0. The monoisotopic (exact) mass is 470 g/mol. The molecule has 1 N–H and O–H groups in total. The zero-order chi connectivity index (χ0) is 23.3. The van der Waals surface area contributed by atoms with Crippen LogP contribution < -0.4 is 10.2 Å². The summed E-state index contributed by atoms with van der Waals surface area (Å²) in [7, 11) is -1.58. The number of nitrogens with zero attached hydrogens (tertiary/aromatic N) is 3. The molecule has 33 heavy (non-hydrogen) atoms. The first-order chi connectivity index (χ1) is 15.9. The summed E-state index contributed by atoms with van der Waals surface area (Å²) in [5, 5.41) is 2.87. The molecule has 2 aliphatic heterocycles. The van der Waals surface area contributed by atoms with E-state index in [4.69, 9.17) is 0 Å². The van der Waals surface area contributed by atoms with Gasteiger partial charge in [-0.1, -0.05) is 24.3 Å². The van der Waals surface area contributed by atoms with E-state index in [2.05, 4.69) is 28.4 Å². The molecule has 0 radical (unpaired) electrons. The van der Waals surface area contributed by atoms with Gasteiger partial charge in [-0.15, -0.1) is 0 Å². The third-order valence-electron chi connectivity index (χ3n) is 6.36. The molecule has 178 valence electrons. The van der Waals surface area contributed by atoms with Crippen LogP contribution in [0.1, 0.15) is 37.7 Å². The van der Waals surface area contributed by atoms with Crippen molar-refractivity contribution in [3.63, 3.8) is 0 Å². The van der Waals surface area contributed by atoms with Gasteiger partial charge < -0.3 is 10.2 Å². The number of carbonyl (C=O) groups is 1. The number of hydrogen-bond acceptors (Lipinski definition) is 5. The Balaban J connectivity index is 1.37. The lowest BCUT2D eigenvalue weighted by atomic mass is 10.1. The van der Waals surface area contributed by atoms with Crippen LogP contribution in [0, 0.1) is 0 Å². The molecule has 2 aliphatic rings. The van der Waals surface area contributed by atoms with Gasteiger partial charge in [0, 0.05) is 44.1 Å². The zero-order valence-corrected chi connectivity index (χ0v) is 20.2. The fourth-order valence-corrected chi connectivity index (χ4v) is 6.26. The molecular formula is C25H34N4O3S. The van der Waals surface area contributed by atoms with Crippen LogP contribution in [0.15, 0.2) is 53.4 Å². The van der Waals surface area contributed by atoms with Gasteiger partial charge in [0.1, 0.15) is 0 Å². The summed E-state index contributed by atoms with van der Waals surface area (Å²) < 4.78 is 27.1. The van der Waals surface area contributed by atoms with Gasteiger partial charge in [0.25, 0.3) is 0 Å².